The van der Waals surface area contributed by atoms with Crippen molar-refractivity contribution in [1.29, 1.82) is 0 Å². The molecule has 1 N–H and O–H groups in total. The standard InChI is InChI=1S/C17H23N3O2S/c1-17(15(21)18-9-12-20-10-5-6-11-20)16(22)19(2)13-7-3-4-8-14(13)23-17/h3-4,7-8H,5-6,9-12H2,1-2H3,(H,18,21). The van der Waals surface area contributed by atoms with Gasteiger partial charge in [0.1, 0.15) is 0 Å². The Kier molecular flexibility index (Phi) is 4.64. The van der Waals surface area contributed by atoms with Gasteiger partial charge in [0.05, 0.1) is 5.69 Å². The Bertz CT molecular complexity index is 616. The minimum atomic E-state index is -1.10. The molecule has 2 heterocycles. The van der Waals surface area contributed by atoms with Gasteiger partial charge >= 0.3 is 0 Å². The molecule has 0 radical (unpaired) electrons. The van der Waals surface area contributed by atoms with E-state index in [1.54, 1.807) is 18.9 Å². The summed E-state index contributed by atoms with van der Waals surface area (Å²) in [6, 6.07) is 7.70. The van der Waals surface area contributed by atoms with Crippen molar-refractivity contribution in [2.45, 2.75) is 29.4 Å². The Labute approximate surface area is 141 Å². The highest BCUT2D eigenvalue weighted by molar-refractivity contribution is 8.02. The number of hydrogen-bond acceptors (Lipinski definition) is 4. The van der Waals surface area contributed by atoms with Crippen molar-refractivity contribution in [2.24, 2.45) is 0 Å². The molecule has 2 aliphatic heterocycles. The monoisotopic (exact) mass is 333 g/mol. The van der Waals surface area contributed by atoms with Crippen LogP contribution in [0.4, 0.5) is 5.69 Å². The minimum Gasteiger partial charge on any atom is -0.353 e. The van der Waals surface area contributed by atoms with Crippen LogP contribution in [0, 0.1) is 0 Å². The van der Waals surface area contributed by atoms with Crippen molar-refractivity contribution in [3.63, 3.8) is 0 Å². The van der Waals surface area contributed by atoms with E-state index in [0.29, 0.717) is 6.54 Å². The highest BCUT2D eigenvalue weighted by Crippen LogP contribution is 2.44. The van der Waals surface area contributed by atoms with E-state index in [-0.39, 0.29) is 11.8 Å². The molecule has 1 saturated heterocycles. The minimum absolute atomic E-state index is 0.167. The molecule has 2 amide bonds. The van der Waals surface area contributed by atoms with Crippen LogP contribution in [0.3, 0.4) is 0 Å². The van der Waals surface area contributed by atoms with Crippen molar-refractivity contribution in [3.05, 3.63) is 24.3 Å². The lowest BCUT2D eigenvalue weighted by molar-refractivity contribution is -0.131. The van der Waals surface area contributed by atoms with Gasteiger partial charge in [-0.05, 0) is 45.0 Å². The molecule has 2 aliphatic rings. The fraction of sp³-hybridized carbons (Fsp3) is 0.529. The molecular weight excluding hydrogens is 310 g/mol. The summed E-state index contributed by atoms with van der Waals surface area (Å²) >= 11 is 1.35. The van der Waals surface area contributed by atoms with Crippen LogP contribution >= 0.6 is 11.8 Å². The number of thioether (sulfide) groups is 1. The van der Waals surface area contributed by atoms with Crippen LogP contribution in [0.1, 0.15) is 19.8 Å². The Hall–Kier alpha value is -1.53. The first-order valence-electron chi connectivity index (χ1n) is 8.09. The van der Waals surface area contributed by atoms with Crippen molar-refractivity contribution in [2.75, 3.05) is 38.1 Å². The van der Waals surface area contributed by atoms with E-state index in [1.165, 1.54) is 24.6 Å². The van der Waals surface area contributed by atoms with E-state index >= 15 is 0 Å². The zero-order valence-corrected chi connectivity index (χ0v) is 14.5. The summed E-state index contributed by atoms with van der Waals surface area (Å²) in [6.45, 7) is 5.38. The summed E-state index contributed by atoms with van der Waals surface area (Å²) < 4.78 is -1.10. The zero-order chi connectivity index (χ0) is 16.4. The van der Waals surface area contributed by atoms with E-state index in [9.17, 15) is 9.59 Å². The lowest BCUT2D eigenvalue weighted by Crippen LogP contribution is -2.56. The van der Waals surface area contributed by atoms with Gasteiger partial charge in [-0.25, -0.2) is 0 Å². The number of anilines is 1. The number of para-hydroxylation sites is 1. The zero-order valence-electron chi connectivity index (χ0n) is 13.7. The lowest BCUT2D eigenvalue weighted by Gasteiger charge is -2.37. The fourth-order valence-electron chi connectivity index (χ4n) is 3.16. The predicted molar refractivity (Wildman–Crippen MR) is 92.8 cm³/mol. The fourth-order valence-corrected chi connectivity index (χ4v) is 4.44. The lowest BCUT2D eigenvalue weighted by atomic mass is 10.1. The van der Waals surface area contributed by atoms with Gasteiger partial charge in [-0.2, -0.15) is 0 Å². The van der Waals surface area contributed by atoms with Gasteiger partial charge in [-0.15, -0.1) is 0 Å². The summed E-state index contributed by atoms with van der Waals surface area (Å²) in [4.78, 5) is 30.3. The van der Waals surface area contributed by atoms with Crippen LogP contribution in [0.15, 0.2) is 29.2 Å². The molecule has 1 aromatic rings. The topological polar surface area (TPSA) is 52.7 Å². The van der Waals surface area contributed by atoms with E-state index in [4.69, 9.17) is 0 Å². The maximum Gasteiger partial charge on any atom is 0.252 e. The van der Waals surface area contributed by atoms with Gasteiger partial charge in [-0.1, -0.05) is 23.9 Å². The van der Waals surface area contributed by atoms with Crippen LogP contribution in [-0.4, -0.2) is 54.7 Å². The van der Waals surface area contributed by atoms with Gasteiger partial charge in [-0.3, -0.25) is 9.59 Å². The third-order valence-corrected chi connectivity index (χ3v) is 5.93. The van der Waals surface area contributed by atoms with E-state index in [0.717, 1.165) is 30.2 Å². The van der Waals surface area contributed by atoms with Gasteiger partial charge in [0, 0.05) is 25.0 Å². The molecule has 0 saturated carbocycles. The molecule has 3 rings (SSSR count). The number of hydrogen-bond donors (Lipinski definition) is 1. The molecule has 124 valence electrons. The average Bonchev–Trinajstić information content (AvgIpc) is 3.06. The number of fused-ring (bicyclic) bond motifs is 1. The maximum atomic E-state index is 12.7. The number of nitrogens with one attached hydrogen (secondary N) is 1. The molecule has 0 aliphatic carbocycles. The average molecular weight is 333 g/mol. The summed E-state index contributed by atoms with van der Waals surface area (Å²) in [5.41, 5.74) is 0.866. The molecular formula is C17H23N3O2S. The Morgan fingerprint density at radius 3 is 2.74 bits per heavy atom. The normalized spacial score (nSPS) is 24.6. The number of rotatable bonds is 4. The third kappa shape index (κ3) is 3.10. The summed E-state index contributed by atoms with van der Waals surface area (Å²) in [5, 5.41) is 2.95. The van der Waals surface area contributed by atoms with Crippen LogP contribution in [-0.2, 0) is 9.59 Å². The highest BCUT2D eigenvalue weighted by atomic mass is 32.2. The molecule has 1 atom stereocenters. The summed E-state index contributed by atoms with van der Waals surface area (Å²) in [6.07, 6.45) is 2.48. The number of benzene rings is 1. The smallest absolute Gasteiger partial charge is 0.252 e. The van der Waals surface area contributed by atoms with E-state index < -0.39 is 4.75 Å². The molecule has 23 heavy (non-hydrogen) atoms. The number of likely N-dealkylation sites (tertiary alicyclic amines) is 1. The number of carbonyl (C=O) groups excluding carboxylic acids is 2. The van der Waals surface area contributed by atoms with Crippen LogP contribution in [0.25, 0.3) is 0 Å². The second kappa shape index (κ2) is 6.53. The maximum absolute atomic E-state index is 12.7. The first-order chi connectivity index (χ1) is 11.0. The van der Waals surface area contributed by atoms with Crippen LogP contribution < -0.4 is 10.2 Å². The third-order valence-electron chi connectivity index (χ3n) is 4.60. The molecule has 0 spiro atoms. The molecule has 6 heteroatoms. The van der Waals surface area contributed by atoms with Crippen molar-refractivity contribution >= 4 is 29.3 Å². The van der Waals surface area contributed by atoms with Gasteiger partial charge < -0.3 is 15.1 Å². The largest absolute Gasteiger partial charge is 0.353 e. The summed E-state index contributed by atoms with van der Waals surface area (Å²) in [7, 11) is 1.73. The van der Waals surface area contributed by atoms with Crippen LogP contribution in [0.2, 0.25) is 0 Å². The van der Waals surface area contributed by atoms with Crippen molar-refractivity contribution in [3.8, 4) is 0 Å². The molecule has 5 nitrogen and oxygen atoms in total. The Balaban J connectivity index is 1.67. The molecule has 1 aromatic carbocycles. The molecule has 0 aromatic heterocycles. The molecule has 1 fully saturated rings. The van der Waals surface area contributed by atoms with Crippen molar-refractivity contribution in [1.82, 2.24) is 10.2 Å². The quantitative estimate of drug-likeness (QED) is 0.853. The van der Waals surface area contributed by atoms with Crippen molar-refractivity contribution < 1.29 is 9.59 Å². The SMILES string of the molecule is CN1C(=O)C(C)(C(=O)NCCN2CCCC2)Sc2ccccc21. The molecule has 0 bridgehead atoms. The number of carbonyl (C=O) groups is 2. The first-order valence-corrected chi connectivity index (χ1v) is 8.91. The van der Waals surface area contributed by atoms with Gasteiger partial charge in [0.2, 0.25) is 5.91 Å². The number of nitrogens with zero attached hydrogens (tertiary/aromatic N) is 2. The first kappa shape index (κ1) is 16.3. The Morgan fingerprint density at radius 2 is 2.00 bits per heavy atom. The molecule has 1 unspecified atom stereocenters. The summed E-state index contributed by atoms with van der Waals surface area (Å²) in [5.74, 6) is -0.368. The predicted octanol–water partition coefficient (Wildman–Crippen LogP) is 1.73. The number of amides is 2. The van der Waals surface area contributed by atoms with Gasteiger partial charge in [0.25, 0.3) is 5.91 Å². The van der Waals surface area contributed by atoms with Crippen LogP contribution in [0.5, 0.6) is 0 Å². The highest BCUT2D eigenvalue weighted by Gasteiger charge is 2.48. The second-order valence-electron chi connectivity index (χ2n) is 6.27. The van der Waals surface area contributed by atoms with Gasteiger partial charge in [0.15, 0.2) is 4.75 Å². The van der Waals surface area contributed by atoms with E-state index in [1.807, 2.05) is 24.3 Å². The van der Waals surface area contributed by atoms with E-state index in [2.05, 4.69) is 10.2 Å². The second-order valence-corrected chi connectivity index (χ2v) is 7.73. The Morgan fingerprint density at radius 1 is 1.30 bits per heavy atom.